The number of nitrogens with one attached hydrogen (secondary N) is 1. The lowest BCUT2D eigenvalue weighted by Gasteiger charge is -2.17. The SMILES string of the molecule is Cc1cc(C(C)NC(=O)c2sccc2S(=O)(=O)N2CCCC2)c(C)o1. The van der Waals surface area contributed by atoms with Crippen molar-refractivity contribution in [3.05, 3.63) is 39.5 Å². The number of hydrogen-bond acceptors (Lipinski definition) is 5. The zero-order valence-corrected chi connectivity index (χ0v) is 16.2. The Morgan fingerprint density at radius 2 is 2.00 bits per heavy atom. The van der Waals surface area contributed by atoms with Gasteiger partial charge in [-0.05, 0) is 51.1 Å². The van der Waals surface area contributed by atoms with Gasteiger partial charge < -0.3 is 9.73 Å². The average molecular weight is 383 g/mol. The summed E-state index contributed by atoms with van der Waals surface area (Å²) < 4.78 is 32.5. The van der Waals surface area contributed by atoms with Crippen LogP contribution >= 0.6 is 11.3 Å². The predicted molar refractivity (Wildman–Crippen MR) is 96.4 cm³/mol. The predicted octanol–water partition coefficient (Wildman–Crippen LogP) is 3.23. The van der Waals surface area contributed by atoms with E-state index in [0.29, 0.717) is 13.1 Å². The van der Waals surface area contributed by atoms with Gasteiger partial charge in [0.05, 0.1) is 6.04 Å². The standard InChI is InChI=1S/C17H22N2O4S2/c1-11-10-14(13(3)23-11)12(2)18-17(20)16-15(6-9-24-16)25(21,22)19-7-4-5-8-19/h6,9-10,12H,4-5,7-8H2,1-3H3,(H,18,20). The molecule has 0 saturated carbocycles. The van der Waals surface area contributed by atoms with Crippen LogP contribution in [0, 0.1) is 13.8 Å². The average Bonchev–Trinajstić information content (AvgIpc) is 3.27. The molecule has 1 aliphatic heterocycles. The quantitative estimate of drug-likeness (QED) is 0.861. The number of hydrogen-bond donors (Lipinski definition) is 1. The molecule has 0 spiro atoms. The second-order valence-corrected chi connectivity index (χ2v) is 9.11. The minimum Gasteiger partial charge on any atom is -0.466 e. The van der Waals surface area contributed by atoms with Crippen LogP contribution in [-0.2, 0) is 10.0 Å². The fourth-order valence-corrected chi connectivity index (χ4v) is 5.97. The van der Waals surface area contributed by atoms with Gasteiger partial charge in [0.15, 0.2) is 0 Å². The molecule has 2 aromatic rings. The number of sulfonamides is 1. The number of rotatable bonds is 5. The van der Waals surface area contributed by atoms with E-state index in [-0.39, 0.29) is 21.7 Å². The third-order valence-corrected chi connectivity index (χ3v) is 7.40. The monoisotopic (exact) mass is 382 g/mol. The summed E-state index contributed by atoms with van der Waals surface area (Å²) in [6.45, 7) is 6.59. The molecular weight excluding hydrogens is 360 g/mol. The van der Waals surface area contributed by atoms with Crippen molar-refractivity contribution in [2.45, 2.75) is 44.6 Å². The molecule has 136 valence electrons. The molecule has 8 heteroatoms. The van der Waals surface area contributed by atoms with Crippen LogP contribution in [0.4, 0.5) is 0 Å². The van der Waals surface area contributed by atoms with Gasteiger partial charge in [0.25, 0.3) is 5.91 Å². The van der Waals surface area contributed by atoms with E-state index in [1.54, 1.807) is 5.38 Å². The van der Waals surface area contributed by atoms with Crippen LogP contribution in [-0.4, -0.2) is 31.7 Å². The lowest BCUT2D eigenvalue weighted by Crippen LogP contribution is -2.31. The zero-order chi connectivity index (χ0) is 18.2. The smallest absolute Gasteiger partial charge is 0.263 e. The zero-order valence-electron chi connectivity index (χ0n) is 14.5. The molecule has 1 saturated heterocycles. The van der Waals surface area contributed by atoms with Gasteiger partial charge in [-0.2, -0.15) is 4.31 Å². The molecule has 25 heavy (non-hydrogen) atoms. The first kappa shape index (κ1) is 18.2. The first-order valence-corrected chi connectivity index (χ1v) is 10.6. The van der Waals surface area contributed by atoms with E-state index in [9.17, 15) is 13.2 Å². The van der Waals surface area contributed by atoms with Crippen molar-refractivity contribution in [3.63, 3.8) is 0 Å². The van der Waals surface area contributed by atoms with Crippen molar-refractivity contribution >= 4 is 27.3 Å². The van der Waals surface area contributed by atoms with E-state index in [0.717, 1.165) is 41.3 Å². The van der Waals surface area contributed by atoms with Crippen LogP contribution in [0.25, 0.3) is 0 Å². The van der Waals surface area contributed by atoms with E-state index >= 15 is 0 Å². The molecule has 1 N–H and O–H groups in total. The molecule has 0 radical (unpaired) electrons. The Morgan fingerprint density at radius 1 is 1.32 bits per heavy atom. The highest BCUT2D eigenvalue weighted by Crippen LogP contribution is 2.28. The summed E-state index contributed by atoms with van der Waals surface area (Å²) in [4.78, 5) is 13.0. The van der Waals surface area contributed by atoms with Crippen LogP contribution in [0.3, 0.4) is 0 Å². The fourth-order valence-electron chi connectivity index (χ4n) is 3.15. The van der Waals surface area contributed by atoms with Crippen molar-refractivity contribution < 1.29 is 17.6 Å². The second kappa shape index (κ2) is 6.93. The number of nitrogens with zero attached hydrogens (tertiary/aromatic N) is 1. The van der Waals surface area contributed by atoms with E-state index < -0.39 is 10.0 Å². The summed E-state index contributed by atoms with van der Waals surface area (Å²) in [5.41, 5.74) is 0.895. The highest BCUT2D eigenvalue weighted by molar-refractivity contribution is 7.89. The maximum absolute atomic E-state index is 12.8. The van der Waals surface area contributed by atoms with Crippen molar-refractivity contribution in [2.24, 2.45) is 0 Å². The molecule has 2 aromatic heterocycles. The number of furan rings is 1. The largest absolute Gasteiger partial charge is 0.466 e. The molecule has 1 atom stereocenters. The second-order valence-electron chi connectivity index (χ2n) is 6.29. The van der Waals surface area contributed by atoms with Gasteiger partial charge in [-0.15, -0.1) is 11.3 Å². The number of carbonyl (C=O) groups is 1. The first-order valence-electron chi connectivity index (χ1n) is 8.26. The van der Waals surface area contributed by atoms with E-state index in [4.69, 9.17) is 4.42 Å². The lowest BCUT2D eigenvalue weighted by atomic mass is 10.1. The Balaban J connectivity index is 1.82. The number of thiophene rings is 1. The Hall–Kier alpha value is -1.64. The molecule has 1 fully saturated rings. The Kier molecular flexibility index (Phi) is 5.04. The molecule has 6 nitrogen and oxygen atoms in total. The van der Waals surface area contributed by atoms with Crippen LogP contribution in [0.2, 0.25) is 0 Å². The summed E-state index contributed by atoms with van der Waals surface area (Å²) in [5, 5.41) is 4.53. The maximum Gasteiger partial charge on any atom is 0.263 e. The highest BCUT2D eigenvalue weighted by Gasteiger charge is 2.32. The summed E-state index contributed by atoms with van der Waals surface area (Å²) in [7, 11) is -3.61. The van der Waals surface area contributed by atoms with Gasteiger partial charge in [-0.25, -0.2) is 8.42 Å². The molecule has 3 rings (SSSR count). The van der Waals surface area contributed by atoms with Gasteiger partial charge in [0.2, 0.25) is 10.0 Å². The molecular formula is C17H22N2O4S2. The minimum atomic E-state index is -3.61. The van der Waals surface area contributed by atoms with E-state index in [2.05, 4.69) is 5.32 Å². The topological polar surface area (TPSA) is 79.6 Å². The summed E-state index contributed by atoms with van der Waals surface area (Å²) >= 11 is 1.15. The van der Waals surface area contributed by atoms with Crippen LogP contribution in [0.15, 0.2) is 26.8 Å². The van der Waals surface area contributed by atoms with Crippen LogP contribution in [0.1, 0.15) is 52.6 Å². The summed E-state index contributed by atoms with van der Waals surface area (Å²) in [6.07, 6.45) is 1.72. The normalized spacial score (nSPS) is 16.9. The first-order chi connectivity index (χ1) is 11.8. The van der Waals surface area contributed by atoms with Crippen molar-refractivity contribution in [2.75, 3.05) is 13.1 Å². The van der Waals surface area contributed by atoms with E-state index in [1.165, 1.54) is 10.4 Å². The fraction of sp³-hybridized carbons (Fsp3) is 0.471. The van der Waals surface area contributed by atoms with Crippen molar-refractivity contribution in [1.29, 1.82) is 0 Å². The van der Waals surface area contributed by atoms with Gasteiger partial charge in [0.1, 0.15) is 21.3 Å². The summed E-state index contributed by atoms with van der Waals surface area (Å²) in [6, 6.07) is 3.14. The molecule has 1 unspecified atom stereocenters. The van der Waals surface area contributed by atoms with E-state index in [1.807, 2.05) is 26.8 Å². The van der Waals surface area contributed by atoms with Gasteiger partial charge >= 0.3 is 0 Å². The van der Waals surface area contributed by atoms with Crippen LogP contribution in [0.5, 0.6) is 0 Å². The Labute approximate surface area is 151 Å². The molecule has 0 aliphatic carbocycles. The van der Waals surface area contributed by atoms with Crippen molar-refractivity contribution in [1.82, 2.24) is 9.62 Å². The third-order valence-electron chi connectivity index (χ3n) is 4.41. The Bertz CT molecular complexity index is 876. The van der Waals surface area contributed by atoms with Gasteiger partial charge in [0, 0.05) is 18.7 Å². The maximum atomic E-state index is 12.8. The Morgan fingerprint density at radius 3 is 2.60 bits per heavy atom. The molecule has 3 heterocycles. The number of carbonyl (C=O) groups excluding carboxylic acids is 1. The van der Waals surface area contributed by atoms with Gasteiger partial charge in [-0.1, -0.05) is 0 Å². The summed E-state index contributed by atoms with van der Waals surface area (Å²) in [5.74, 6) is 1.15. The molecule has 1 amide bonds. The van der Waals surface area contributed by atoms with Crippen LogP contribution < -0.4 is 5.32 Å². The number of aryl methyl sites for hydroxylation is 2. The van der Waals surface area contributed by atoms with Gasteiger partial charge in [-0.3, -0.25) is 4.79 Å². The molecule has 0 aromatic carbocycles. The lowest BCUT2D eigenvalue weighted by molar-refractivity contribution is 0.0940. The third kappa shape index (κ3) is 3.51. The highest BCUT2D eigenvalue weighted by atomic mass is 32.2. The number of amides is 1. The molecule has 1 aliphatic rings. The molecule has 0 bridgehead atoms. The van der Waals surface area contributed by atoms with Crippen molar-refractivity contribution in [3.8, 4) is 0 Å². The minimum absolute atomic E-state index is 0.101.